The van der Waals surface area contributed by atoms with E-state index in [2.05, 4.69) is 4.98 Å². The van der Waals surface area contributed by atoms with Crippen molar-refractivity contribution >= 4 is 17.3 Å². The molecule has 0 N–H and O–H groups in total. The molecule has 1 aromatic heterocycles. The van der Waals surface area contributed by atoms with Crippen molar-refractivity contribution in [3.05, 3.63) is 64.2 Å². The number of carbonyl (C=O) groups excluding carboxylic acids is 1. The molecule has 0 spiro atoms. The van der Waals surface area contributed by atoms with E-state index in [1.54, 1.807) is 32.9 Å². The minimum atomic E-state index is -4.38. The second-order valence-electron chi connectivity index (χ2n) is 8.56. The Balaban J connectivity index is 1.73. The summed E-state index contributed by atoms with van der Waals surface area (Å²) in [6.07, 6.45) is -4.71. The number of esters is 1. The Morgan fingerprint density at radius 3 is 2.31 bits per heavy atom. The molecule has 0 fully saturated rings. The molecule has 5 nitrogen and oxygen atoms in total. The molecule has 9 heteroatoms. The SMILES string of the molecule is CCOC(=O)C(C)(C)Oc1ccc(O[C@@H](C)c2sc(-c3ccc(C(F)(F)F)cc3)nc2C)cc1C. The highest BCUT2D eigenvalue weighted by atomic mass is 32.1. The van der Waals surface area contributed by atoms with Crippen molar-refractivity contribution in [1.29, 1.82) is 0 Å². The van der Waals surface area contributed by atoms with Gasteiger partial charge < -0.3 is 14.2 Å². The molecule has 0 aliphatic carbocycles. The van der Waals surface area contributed by atoms with Crippen LogP contribution in [0, 0.1) is 13.8 Å². The number of hydrogen-bond donors (Lipinski definition) is 0. The average molecular weight is 508 g/mol. The number of thiazole rings is 1. The summed E-state index contributed by atoms with van der Waals surface area (Å²) in [6.45, 7) is 10.9. The first-order valence-corrected chi connectivity index (χ1v) is 11.9. The van der Waals surface area contributed by atoms with E-state index < -0.39 is 23.3 Å². The van der Waals surface area contributed by atoms with Gasteiger partial charge in [0.25, 0.3) is 0 Å². The lowest BCUT2D eigenvalue weighted by Crippen LogP contribution is -2.39. The lowest BCUT2D eigenvalue weighted by molar-refractivity contribution is -0.158. The first-order chi connectivity index (χ1) is 16.3. The number of carbonyl (C=O) groups is 1. The number of aromatic nitrogens is 1. The predicted octanol–water partition coefficient (Wildman–Crippen LogP) is 7.31. The highest BCUT2D eigenvalue weighted by Gasteiger charge is 2.32. The molecule has 3 aromatic rings. The van der Waals surface area contributed by atoms with Crippen LogP contribution in [0.2, 0.25) is 0 Å². The molecule has 0 aliphatic rings. The van der Waals surface area contributed by atoms with Gasteiger partial charge >= 0.3 is 12.1 Å². The number of rotatable bonds is 8. The number of aryl methyl sites for hydroxylation is 2. The number of nitrogens with zero attached hydrogens (tertiary/aromatic N) is 1. The molecule has 0 amide bonds. The van der Waals surface area contributed by atoms with Crippen molar-refractivity contribution in [2.45, 2.75) is 59.4 Å². The Morgan fingerprint density at radius 2 is 1.74 bits per heavy atom. The number of hydrogen-bond acceptors (Lipinski definition) is 6. The van der Waals surface area contributed by atoms with Gasteiger partial charge in [-0.15, -0.1) is 11.3 Å². The quantitative estimate of drug-likeness (QED) is 0.299. The zero-order valence-electron chi connectivity index (χ0n) is 20.4. The fourth-order valence-corrected chi connectivity index (χ4v) is 4.45. The molecule has 0 saturated carbocycles. The van der Waals surface area contributed by atoms with Gasteiger partial charge in [-0.2, -0.15) is 13.2 Å². The number of alkyl halides is 3. The first-order valence-electron chi connectivity index (χ1n) is 11.1. The van der Waals surface area contributed by atoms with Crippen LogP contribution < -0.4 is 9.47 Å². The summed E-state index contributed by atoms with van der Waals surface area (Å²) < 4.78 is 55.6. The molecular weight excluding hydrogens is 479 g/mol. The van der Waals surface area contributed by atoms with E-state index >= 15 is 0 Å². The van der Waals surface area contributed by atoms with Gasteiger partial charge in [0, 0.05) is 5.56 Å². The molecule has 1 heterocycles. The molecule has 3 rings (SSSR count). The molecule has 188 valence electrons. The van der Waals surface area contributed by atoms with E-state index in [9.17, 15) is 18.0 Å². The second-order valence-corrected chi connectivity index (χ2v) is 9.59. The van der Waals surface area contributed by atoms with Gasteiger partial charge in [-0.1, -0.05) is 12.1 Å². The van der Waals surface area contributed by atoms with Crippen molar-refractivity contribution in [3.63, 3.8) is 0 Å². The first kappa shape index (κ1) is 26.5. The van der Waals surface area contributed by atoms with Crippen molar-refractivity contribution in [1.82, 2.24) is 4.98 Å². The third-order valence-corrected chi connectivity index (χ3v) is 6.62. The van der Waals surface area contributed by atoms with Crippen LogP contribution in [0.25, 0.3) is 10.6 Å². The van der Waals surface area contributed by atoms with E-state index in [0.717, 1.165) is 28.3 Å². The molecule has 35 heavy (non-hydrogen) atoms. The molecule has 0 radical (unpaired) electrons. The third kappa shape index (κ3) is 6.33. The van der Waals surface area contributed by atoms with Crippen LogP contribution in [0.3, 0.4) is 0 Å². The Labute approximate surface area is 206 Å². The van der Waals surface area contributed by atoms with Gasteiger partial charge in [-0.3, -0.25) is 0 Å². The van der Waals surface area contributed by atoms with Gasteiger partial charge in [0.1, 0.15) is 22.6 Å². The van der Waals surface area contributed by atoms with Crippen LogP contribution in [-0.2, 0) is 15.7 Å². The second kappa shape index (κ2) is 10.3. The van der Waals surface area contributed by atoms with Crippen LogP contribution in [0.4, 0.5) is 13.2 Å². The molecule has 0 aliphatic heterocycles. The Morgan fingerprint density at radius 1 is 1.09 bits per heavy atom. The van der Waals surface area contributed by atoms with Gasteiger partial charge in [-0.25, -0.2) is 9.78 Å². The van der Waals surface area contributed by atoms with Crippen LogP contribution in [0.5, 0.6) is 11.5 Å². The van der Waals surface area contributed by atoms with Gasteiger partial charge in [-0.05, 0) is 77.4 Å². The minimum absolute atomic E-state index is 0.271. The fraction of sp³-hybridized carbons (Fsp3) is 0.385. The number of ether oxygens (including phenoxy) is 3. The van der Waals surface area contributed by atoms with Gasteiger partial charge in [0.05, 0.1) is 22.7 Å². The smallest absolute Gasteiger partial charge is 0.416 e. The minimum Gasteiger partial charge on any atom is -0.485 e. The molecule has 0 saturated heterocycles. The van der Waals surface area contributed by atoms with Crippen LogP contribution >= 0.6 is 11.3 Å². The lowest BCUT2D eigenvalue weighted by atomic mass is 10.1. The van der Waals surface area contributed by atoms with Gasteiger partial charge in [0.15, 0.2) is 5.60 Å². The van der Waals surface area contributed by atoms with Crippen LogP contribution in [0.1, 0.15) is 55.5 Å². The predicted molar refractivity (Wildman–Crippen MR) is 129 cm³/mol. The van der Waals surface area contributed by atoms with Crippen molar-refractivity contribution in [2.24, 2.45) is 0 Å². The number of benzene rings is 2. The standard InChI is InChI=1S/C26H28F3NO4S/c1-7-32-24(31)25(5,6)34-21-13-12-20(14-15(21)2)33-17(4)22-16(3)30-23(35-22)18-8-10-19(11-9-18)26(27,28)29/h8-14,17H,7H2,1-6H3/t17-/m0/s1. The summed E-state index contributed by atoms with van der Waals surface area (Å²) in [6, 6.07) is 10.3. The monoisotopic (exact) mass is 507 g/mol. The molecular formula is C26H28F3NO4S. The highest BCUT2D eigenvalue weighted by Crippen LogP contribution is 2.36. The summed E-state index contributed by atoms with van der Waals surface area (Å²) in [5.74, 6) is 0.708. The molecule has 0 unspecified atom stereocenters. The summed E-state index contributed by atoms with van der Waals surface area (Å²) in [5.41, 5.74) is 0.333. The van der Waals surface area contributed by atoms with Crippen LogP contribution in [-0.4, -0.2) is 23.2 Å². The largest absolute Gasteiger partial charge is 0.485 e. The van der Waals surface area contributed by atoms with E-state index in [-0.39, 0.29) is 12.7 Å². The maximum atomic E-state index is 12.8. The van der Waals surface area contributed by atoms with E-state index in [1.165, 1.54) is 23.5 Å². The molecule has 2 aromatic carbocycles. The number of halogens is 3. The van der Waals surface area contributed by atoms with E-state index in [1.807, 2.05) is 26.8 Å². The Kier molecular flexibility index (Phi) is 7.79. The zero-order valence-corrected chi connectivity index (χ0v) is 21.3. The highest BCUT2D eigenvalue weighted by molar-refractivity contribution is 7.15. The summed E-state index contributed by atoms with van der Waals surface area (Å²) >= 11 is 1.38. The van der Waals surface area contributed by atoms with Crippen molar-refractivity contribution in [3.8, 4) is 22.1 Å². The third-order valence-electron chi connectivity index (χ3n) is 5.25. The normalized spacial score (nSPS) is 12.8. The summed E-state index contributed by atoms with van der Waals surface area (Å²) in [5, 5.41) is 0.628. The summed E-state index contributed by atoms with van der Waals surface area (Å²) in [7, 11) is 0. The van der Waals surface area contributed by atoms with Crippen molar-refractivity contribution < 1.29 is 32.2 Å². The van der Waals surface area contributed by atoms with Crippen molar-refractivity contribution in [2.75, 3.05) is 6.61 Å². The maximum Gasteiger partial charge on any atom is 0.416 e. The Hall–Kier alpha value is -3.07. The topological polar surface area (TPSA) is 57.7 Å². The van der Waals surface area contributed by atoms with Gasteiger partial charge in [0.2, 0.25) is 0 Å². The average Bonchev–Trinajstić information content (AvgIpc) is 3.17. The molecule has 0 bridgehead atoms. The fourth-order valence-electron chi connectivity index (χ4n) is 3.40. The zero-order chi connectivity index (χ0) is 26.0. The lowest BCUT2D eigenvalue weighted by Gasteiger charge is -2.25. The Bertz CT molecular complexity index is 1190. The summed E-state index contributed by atoms with van der Waals surface area (Å²) in [4.78, 5) is 17.5. The van der Waals surface area contributed by atoms with E-state index in [0.29, 0.717) is 22.1 Å². The maximum absolute atomic E-state index is 12.8. The molecule has 1 atom stereocenters. The van der Waals surface area contributed by atoms with Crippen LogP contribution in [0.15, 0.2) is 42.5 Å². The van der Waals surface area contributed by atoms with E-state index in [4.69, 9.17) is 14.2 Å².